The number of H-pyrrole nitrogens is 1. The Hall–Kier alpha value is -2.70. The lowest BCUT2D eigenvalue weighted by Crippen LogP contribution is -2.07. The number of ether oxygens (including phenoxy) is 1. The Balaban J connectivity index is 2.27. The number of methoxy groups -OCH3 is 1. The van der Waals surface area contributed by atoms with E-state index in [0.29, 0.717) is 29.4 Å². The zero-order valence-electron chi connectivity index (χ0n) is 12.0. The highest BCUT2D eigenvalue weighted by molar-refractivity contribution is 5.76. The predicted molar refractivity (Wildman–Crippen MR) is 78.3 cm³/mol. The van der Waals surface area contributed by atoms with Gasteiger partial charge in [0.2, 0.25) is 5.88 Å². The van der Waals surface area contributed by atoms with E-state index >= 15 is 0 Å². The summed E-state index contributed by atoms with van der Waals surface area (Å²) in [5.41, 5.74) is 2.40. The number of pyridine rings is 1. The molecule has 0 aliphatic heterocycles. The van der Waals surface area contributed by atoms with Crippen LogP contribution in [0.2, 0.25) is 0 Å². The minimum Gasteiger partial charge on any atom is -0.481 e. The van der Waals surface area contributed by atoms with Gasteiger partial charge in [0.15, 0.2) is 11.2 Å². The number of aromatic nitrogens is 5. The highest BCUT2D eigenvalue weighted by Crippen LogP contribution is 2.25. The molecule has 108 valence electrons. The van der Waals surface area contributed by atoms with Gasteiger partial charge in [0.05, 0.1) is 13.4 Å². The third-order valence-corrected chi connectivity index (χ3v) is 3.34. The smallest absolute Gasteiger partial charge is 0.278 e. The molecule has 21 heavy (non-hydrogen) atoms. The van der Waals surface area contributed by atoms with Gasteiger partial charge in [0.25, 0.3) is 5.56 Å². The minimum atomic E-state index is -0.244. The van der Waals surface area contributed by atoms with Crippen LogP contribution in [-0.2, 0) is 6.54 Å². The van der Waals surface area contributed by atoms with Gasteiger partial charge in [-0.3, -0.25) is 4.79 Å². The van der Waals surface area contributed by atoms with E-state index in [4.69, 9.17) is 4.74 Å². The summed E-state index contributed by atoms with van der Waals surface area (Å²) in [7, 11) is 1.58. The van der Waals surface area contributed by atoms with Crippen molar-refractivity contribution in [1.29, 1.82) is 0 Å². The first-order valence-corrected chi connectivity index (χ1v) is 6.60. The maximum Gasteiger partial charge on any atom is 0.278 e. The maximum atomic E-state index is 11.9. The third kappa shape index (κ3) is 2.06. The Morgan fingerprint density at radius 1 is 1.38 bits per heavy atom. The number of rotatable bonds is 3. The second kappa shape index (κ2) is 5.01. The molecule has 0 aromatic carbocycles. The summed E-state index contributed by atoms with van der Waals surface area (Å²) >= 11 is 0. The molecular formula is C14H15N5O2. The van der Waals surface area contributed by atoms with E-state index in [1.165, 1.54) is 6.33 Å². The summed E-state index contributed by atoms with van der Waals surface area (Å²) in [5, 5.41) is 0. The normalized spacial score (nSPS) is 11.0. The second-order valence-corrected chi connectivity index (χ2v) is 4.63. The maximum absolute atomic E-state index is 11.9. The molecule has 3 aromatic rings. The fourth-order valence-corrected chi connectivity index (χ4v) is 2.37. The van der Waals surface area contributed by atoms with E-state index in [1.807, 2.05) is 24.5 Å². The lowest BCUT2D eigenvalue weighted by atomic mass is 10.2. The van der Waals surface area contributed by atoms with Crippen molar-refractivity contribution in [2.45, 2.75) is 20.4 Å². The van der Waals surface area contributed by atoms with E-state index < -0.39 is 0 Å². The highest BCUT2D eigenvalue weighted by Gasteiger charge is 2.16. The molecule has 0 spiro atoms. The van der Waals surface area contributed by atoms with Gasteiger partial charge in [-0.15, -0.1) is 0 Å². The first-order chi connectivity index (χ1) is 10.2. The molecule has 0 amide bonds. The van der Waals surface area contributed by atoms with Gasteiger partial charge in [-0.05, 0) is 19.9 Å². The van der Waals surface area contributed by atoms with Crippen molar-refractivity contribution in [2.75, 3.05) is 7.11 Å². The molecule has 7 nitrogen and oxygen atoms in total. The second-order valence-electron chi connectivity index (χ2n) is 4.63. The lowest BCUT2D eigenvalue weighted by Gasteiger charge is -2.08. The molecule has 0 fully saturated rings. The molecule has 1 N–H and O–H groups in total. The van der Waals surface area contributed by atoms with Crippen molar-refractivity contribution in [3.05, 3.63) is 34.5 Å². The van der Waals surface area contributed by atoms with Crippen LogP contribution in [0.3, 0.4) is 0 Å². The van der Waals surface area contributed by atoms with Crippen LogP contribution in [0, 0.1) is 6.92 Å². The number of aromatic amines is 1. The van der Waals surface area contributed by atoms with Gasteiger partial charge >= 0.3 is 0 Å². The van der Waals surface area contributed by atoms with Gasteiger partial charge in [-0.2, -0.15) is 0 Å². The van der Waals surface area contributed by atoms with Crippen molar-refractivity contribution in [2.24, 2.45) is 0 Å². The number of nitrogens with one attached hydrogen (secondary N) is 1. The molecule has 3 rings (SSSR count). The standard InChI is InChI=1S/C14H15N5O2/c1-4-19-11(9-5-8(2)14(21-3)15-6-9)18-10-12(19)16-7-17-13(10)20/h5-7H,4H2,1-3H3,(H,16,17,20). The van der Waals surface area contributed by atoms with Crippen molar-refractivity contribution < 1.29 is 4.74 Å². The summed E-state index contributed by atoms with van der Waals surface area (Å²) in [6.07, 6.45) is 3.08. The van der Waals surface area contributed by atoms with Crippen LogP contribution in [0.15, 0.2) is 23.4 Å². The van der Waals surface area contributed by atoms with Gasteiger partial charge in [-0.25, -0.2) is 15.0 Å². The van der Waals surface area contributed by atoms with Crippen LogP contribution in [0.4, 0.5) is 0 Å². The fourth-order valence-electron chi connectivity index (χ4n) is 2.37. The zero-order chi connectivity index (χ0) is 15.0. The molecule has 0 saturated carbocycles. The summed E-state index contributed by atoms with van der Waals surface area (Å²) in [4.78, 5) is 27.3. The van der Waals surface area contributed by atoms with Gasteiger partial charge in [-0.1, -0.05) is 0 Å². The summed E-state index contributed by atoms with van der Waals surface area (Å²) < 4.78 is 7.06. The molecule has 0 bridgehead atoms. The quantitative estimate of drug-likeness (QED) is 0.788. The van der Waals surface area contributed by atoms with Crippen molar-refractivity contribution in [3.63, 3.8) is 0 Å². The van der Waals surface area contributed by atoms with Crippen LogP contribution < -0.4 is 10.3 Å². The molecule has 3 aromatic heterocycles. The first kappa shape index (κ1) is 13.3. The number of hydrogen-bond acceptors (Lipinski definition) is 5. The average molecular weight is 285 g/mol. The predicted octanol–water partition coefficient (Wildman–Crippen LogP) is 1.52. The van der Waals surface area contributed by atoms with Crippen LogP contribution in [0.1, 0.15) is 12.5 Å². The number of imidazole rings is 1. The van der Waals surface area contributed by atoms with Gasteiger partial charge in [0, 0.05) is 23.9 Å². The number of hydrogen-bond donors (Lipinski definition) is 1. The average Bonchev–Trinajstić information content (AvgIpc) is 2.87. The molecule has 0 atom stereocenters. The molecule has 0 unspecified atom stereocenters. The molecule has 0 radical (unpaired) electrons. The van der Waals surface area contributed by atoms with E-state index in [1.54, 1.807) is 13.3 Å². The first-order valence-electron chi connectivity index (χ1n) is 6.60. The number of fused-ring (bicyclic) bond motifs is 1. The topological polar surface area (TPSA) is 85.7 Å². The Bertz CT molecular complexity index is 865. The molecular weight excluding hydrogens is 270 g/mol. The minimum absolute atomic E-state index is 0.244. The van der Waals surface area contributed by atoms with Crippen molar-refractivity contribution >= 4 is 11.2 Å². The number of aryl methyl sites for hydroxylation is 2. The largest absolute Gasteiger partial charge is 0.481 e. The third-order valence-electron chi connectivity index (χ3n) is 3.34. The van der Waals surface area contributed by atoms with E-state index in [0.717, 1.165) is 11.1 Å². The molecule has 3 heterocycles. The molecule has 0 aliphatic rings. The van der Waals surface area contributed by atoms with Crippen LogP contribution >= 0.6 is 0 Å². The summed E-state index contributed by atoms with van der Waals surface area (Å²) in [6.45, 7) is 4.56. The Kier molecular flexibility index (Phi) is 3.17. The van der Waals surface area contributed by atoms with Crippen LogP contribution in [0.5, 0.6) is 5.88 Å². The molecule has 0 saturated heterocycles. The van der Waals surface area contributed by atoms with Gasteiger partial charge < -0.3 is 14.3 Å². The SMILES string of the molecule is CCn1c(-c2cnc(OC)c(C)c2)nc2c(=O)[nH]cnc21. The van der Waals surface area contributed by atoms with E-state index in [9.17, 15) is 4.79 Å². The van der Waals surface area contributed by atoms with Crippen molar-refractivity contribution in [1.82, 2.24) is 24.5 Å². The van der Waals surface area contributed by atoms with E-state index in [-0.39, 0.29) is 5.56 Å². The Labute approximate surface area is 120 Å². The summed E-state index contributed by atoms with van der Waals surface area (Å²) in [6, 6.07) is 1.94. The van der Waals surface area contributed by atoms with Crippen LogP contribution in [-0.4, -0.2) is 31.6 Å². The molecule has 7 heteroatoms. The Morgan fingerprint density at radius 3 is 2.86 bits per heavy atom. The number of nitrogens with zero attached hydrogens (tertiary/aromatic N) is 4. The van der Waals surface area contributed by atoms with E-state index in [2.05, 4.69) is 19.9 Å². The lowest BCUT2D eigenvalue weighted by molar-refractivity contribution is 0.394. The van der Waals surface area contributed by atoms with Crippen LogP contribution in [0.25, 0.3) is 22.6 Å². The van der Waals surface area contributed by atoms with Gasteiger partial charge in [0.1, 0.15) is 5.82 Å². The molecule has 0 aliphatic carbocycles. The Morgan fingerprint density at radius 2 is 2.19 bits per heavy atom. The fraction of sp³-hybridized carbons (Fsp3) is 0.286. The van der Waals surface area contributed by atoms with Crippen molar-refractivity contribution in [3.8, 4) is 17.3 Å². The highest BCUT2D eigenvalue weighted by atomic mass is 16.5. The zero-order valence-corrected chi connectivity index (χ0v) is 12.0. The summed E-state index contributed by atoms with van der Waals surface area (Å²) in [5.74, 6) is 1.25. The monoisotopic (exact) mass is 285 g/mol.